The van der Waals surface area contributed by atoms with Crippen LogP contribution in [0.4, 0.5) is 0 Å². The Balaban J connectivity index is 1.91. The van der Waals surface area contributed by atoms with Gasteiger partial charge in [-0.1, -0.05) is 27.2 Å². The molecule has 122 valence electrons. The van der Waals surface area contributed by atoms with Crippen LogP contribution in [-0.2, 0) is 0 Å². The van der Waals surface area contributed by atoms with Gasteiger partial charge in [0.1, 0.15) is 0 Å². The molecule has 1 atom stereocenters. The van der Waals surface area contributed by atoms with E-state index in [1.54, 1.807) is 4.68 Å². The molecule has 0 spiro atoms. The van der Waals surface area contributed by atoms with Crippen molar-refractivity contribution >= 4 is 21.8 Å². The van der Waals surface area contributed by atoms with Crippen molar-refractivity contribution in [3.63, 3.8) is 0 Å². The van der Waals surface area contributed by atoms with Crippen LogP contribution in [0, 0.1) is 6.92 Å². The topological polar surface area (TPSA) is 77.0 Å². The van der Waals surface area contributed by atoms with E-state index in [1.807, 2.05) is 36.1 Å². The molecule has 1 aliphatic heterocycles. The third kappa shape index (κ3) is 3.16. The molecule has 0 saturated carbocycles. The Bertz CT molecular complexity index is 714. The summed E-state index contributed by atoms with van der Waals surface area (Å²) in [6.07, 6.45) is 3.09. The van der Waals surface area contributed by atoms with E-state index in [0.29, 0.717) is 12.2 Å². The number of likely N-dealkylation sites (tertiary alicyclic amines) is 1. The first-order valence-corrected chi connectivity index (χ1v) is 8.60. The van der Waals surface area contributed by atoms with E-state index in [-0.39, 0.29) is 11.9 Å². The molecule has 1 fully saturated rings. The zero-order valence-electron chi connectivity index (χ0n) is 13.1. The molecule has 0 bridgehead atoms. The highest BCUT2D eigenvalue weighted by atomic mass is 79.9. The number of aromatic nitrogens is 3. The summed E-state index contributed by atoms with van der Waals surface area (Å²) in [6, 6.07) is 7.86. The van der Waals surface area contributed by atoms with Crippen LogP contribution < -0.4 is 5.73 Å². The van der Waals surface area contributed by atoms with Gasteiger partial charge in [-0.25, -0.2) is 4.68 Å². The van der Waals surface area contributed by atoms with Crippen molar-refractivity contribution in [2.75, 3.05) is 13.1 Å². The van der Waals surface area contributed by atoms with Crippen LogP contribution in [0.5, 0.6) is 0 Å². The molecule has 23 heavy (non-hydrogen) atoms. The molecule has 3 rings (SSSR count). The lowest BCUT2D eigenvalue weighted by Crippen LogP contribution is -2.47. The zero-order valence-corrected chi connectivity index (χ0v) is 14.7. The van der Waals surface area contributed by atoms with E-state index >= 15 is 0 Å². The van der Waals surface area contributed by atoms with Crippen molar-refractivity contribution in [1.82, 2.24) is 19.9 Å². The van der Waals surface area contributed by atoms with Crippen molar-refractivity contribution < 1.29 is 4.79 Å². The summed E-state index contributed by atoms with van der Waals surface area (Å²) in [5.74, 6) is -0.0705. The Morgan fingerprint density at radius 3 is 3.00 bits per heavy atom. The maximum atomic E-state index is 12.8. The molecule has 0 aliphatic carbocycles. The maximum absolute atomic E-state index is 12.8. The second-order valence-electron chi connectivity index (χ2n) is 5.80. The molecule has 1 unspecified atom stereocenters. The van der Waals surface area contributed by atoms with Gasteiger partial charge in [0.05, 0.1) is 11.4 Å². The lowest BCUT2D eigenvalue weighted by molar-refractivity contribution is 0.0616. The maximum Gasteiger partial charge on any atom is 0.276 e. The van der Waals surface area contributed by atoms with Gasteiger partial charge in [-0.3, -0.25) is 4.79 Å². The van der Waals surface area contributed by atoms with E-state index < -0.39 is 0 Å². The van der Waals surface area contributed by atoms with Gasteiger partial charge in [0.15, 0.2) is 5.69 Å². The number of hydrogen-bond acceptors (Lipinski definition) is 4. The predicted molar refractivity (Wildman–Crippen MR) is 91.5 cm³/mol. The molecule has 1 amide bonds. The first-order valence-electron chi connectivity index (χ1n) is 7.81. The standard InChI is InChI=1S/C16H20BrN5O/c1-11-15(16(23)21-8-3-2-6-14(21)10-18)19-20-22(11)13-7-4-5-12(17)9-13/h4-5,7,9,14H,2-3,6,8,10,18H2,1H3. The van der Waals surface area contributed by atoms with Gasteiger partial charge in [0.2, 0.25) is 0 Å². The first-order chi connectivity index (χ1) is 11.1. The fourth-order valence-corrected chi connectivity index (χ4v) is 3.42. The number of rotatable bonds is 3. The normalized spacial score (nSPS) is 18.2. The number of carbonyl (C=O) groups excluding carboxylic acids is 1. The van der Waals surface area contributed by atoms with Crippen LogP contribution in [0.3, 0.4) is 0 Å². The number of amides is 1. The highest BCUT2D eigenvalue weighted by molar-refractivity contribution is 9.10. The Morgan fingerprint density at radius 1 is 1.43 bits per heavy atom. The Morgan fingerprint density at radius 2 is 2.26 bits per heavy atom. The number of benzene rings is 1. The predicted octanol–water partition coefficient (Wildman–Crippen LogP) is 2.29. The second-order valence-corrected chi connectivity index (χ2v) is 6.71. The summed E-state index contributed by atoms with van der Waals surface area (Å²) in [6.45, 7) is 3.10. The van der Waals surface area contributed by atoms with E-state index in [1.165, 1.54) is 0 Å². The Labute approximate surface area is 143 Å². The second kappa shape index (κ2) is 6.80. The molecule has 2 N–H and O–H groups in total. The van der Waals surface area contributed by atoms with E-state index in [2.05, 4.69) is 26.2 Å². The molecule has 2 aromatic rings. The quantitative estimate of drug-likeness (QED) is 0.889. The number of hydrogen-bond donors (Lipinski definition) is 1. The number of halogens is 1. The highest BCUT2D eigenvalue weighted by Gasteiger charge is 2.29. The summed E-state index contributed by atoms with van der Waals surface area (Å²) >= 11 is 3.45. The minimum absolute atomic E-state index is 0.0705. The van der Waals surface area contributed by atoms with Gasteiger partial charge in [-0.15, -0.1) is 5.10 Å². The van der Waals surface area contributed by atoms with Crippen LogP contribution in [0.25, 0.3) is 5.69 Å². The number of piperidine rings is 1. The Kier molecular flexibility index (Phi) is 4.77. The van der Waals surface area contributed by atoms with Crippen LogP contribution in [-0.4, -0.2) is 44.9 Å². The van der Waals surface area contributed by atoms with Crippen LogP contribution >= 0.6 is 15.9 Å². The lowest BCUT2D eigenvalue weighted by atomic mass is 10.0. The zero-order chi connectivity index (χ0) is 16.4. The van der Waals surface area contributed by atoms with Crippen molar-refractivity contribution in [3.8, 4) is 5.69 Å². The SMILES string of the molecule is Cc1c(C(=O)N2CCCCC2CN)nnn1-c1cccc(Br)c1. The fraction of sp³-hybridized carbons (Fsp3) is 0.438. The van der Waals surface area contributed by atoms with Gasteiger partial charge in [-0.05, 0) is 44.4 Å². The summed E-state index contributed by atoms with van der Waals surface area (Å²) in [5, 5.41) is 8.29. The fourth-order valence-electron chi connectivity index (χ4n) is 3.03. The molecule has 7 heteroatoms. The number of nitrogens with two attached hydrogens (primary N) is 1. The van der Waals surface area contributed by atoms with Gasteiger partial charge in [0, 0.05) is 23.6 Å². The van der Waals surface area contributed by atoms with Crippen LogP contribution in [0.1, 0.15) is 35.4 Å². The monoisotopic (exact) mass is 377 g/mol. The molecular formula is C16H20BrN5O. The molecule has 1 saturated heterocycles. The molecule has 1 aliphatic rings. The third-order valence-electron chi connectivity index (χ3n) is 4.31. The molecule has 6 nitrogen and oxygen atoms in total. The van der Waals surface area contributed by atoms with Gasteiger partial charge >= 0.3 is 0 Å². The Hall–Kier alpha value is -1.73. The largest absolute Gasteiger partial charge is 0.333 e. The molecule has 1 aromatic heterocycles. The van der Waals surface area contributed by atoms with E-state index in [4.69, 9.17) is 5.73 Å². The van der Waals surface area contributed by atoms with Crippen molar-refractivity contribution in [3.05, 3.63) is 40.1 Å². The van der Waals surface area contributed by atoms with Gasteiger partial charge in [0.25, 0.3) is 5.91 Å². The van der Waals surface area contributed by atoms with Crippen molar-refractivity contribution in [2.45, 2.75) is 32.2 Å². The van der Waals surface area contributed by atoms with E-state index in [9.17, 15) is 4.79 Å². The average Bonchev–Trinajstić information content (AvgIpc) is 2.95. The molecule has 1 aromatic carbocycles. The summed E-state index contributed by atoms with van der Waals surface area (Å²) in [5.41, 5.74) is 7.85. The minimum Gasteiger partial charge on any atom is -0.333 e. The average molecular weight is 378 g/mol. The summed E-state index contributed by atoms with van der Waals surface area (Å²) in [4.78, 5) is 14.7. The lowest BCUT2D eigenvalue weighted by Gasteiger charge is -2.34. The molecular weight excluding hydrogens is 358 g/mol. The number of carbonyl (C=O) groups is 1. The molecule has 2 heterocycles. The minimum atomic E-state index is -0.0705. The van der Waals surface area contributed by atoms with Crippen molar-refractivity contribution in [2.24, 2.45) is 5.73 Å². The van der Waals surface area contributed by atoms with Gasteiger partial charge in [-0.2, -0.15) is 0 Å². The highest BCUT2D eigenvalue weighted by Crippen LogP contribution is 2.21. The first kappa shape index (κ1) is 16.1. The summed E-state index contributed by atoms with van der Waals surface area (Å²) in [7, 11) is 0. The van der Waals surface area contributed by atoms with E-state index in [0.717, 1.165) is 41.7 Å². The van der Waals surface area contributed by atoms with Crippen LogP contribution in [0.15, 0.2) is 28.7 Å². The number of nitrogens with zero attached hydrogens (tertiary/aromatic N) is 4. The van der Waals surface area contributed by atoms with Crippen molar-refractivity contribution in [1.29, 1.82) is 0 Å². The van der Waals surface area contributed by atoms with Crippen LogP contribution in [0.2, 0.25) is 0 Å². The smallest absolute Gasteiger partial charge is 0.276 e. The summed E-state index contributed by atoms with van der Waals surface area (Å²) < 4.78 is 2.65. The van der Waals surface area contributed by atoms with Gasteiger partial charge < -0.3 is 10.6 Å². The third-order valence-corrected chi connectivity index (χ3v) is 4.80. The molecule has 0 radical (unpaired) electrons.